The van der Waals surface area contributed by atoms with Crippen LogP contribution in [0.3, 0.4) is 0 Å². The summed E-state index contributed by atoms with van der Waals surface area (Å²) in [4.78, 5) is 24.1. The Kier molecular flexibility index (Phi) is 5.84. The molecule has 0 aliphatic rings. The van der Waals surface area contributed by atoms with Crippen LogP contribution >= 0.6 is 0 Å². The second-order valence-corrected chi connectivity index (χ2v) is 5.48. The van der Waals surface area contributed by atoms with Crippen molar-refractivity contribution < 1.29 is 24.2 Å². The number of hydrogen-bond donors (Lipinski definition) is 3. The van der Waals surface area contributed by atoms with Crippen LogP contribution in [-0.4, -0.2) is 30.1 Å². The van der Waals surface area contributed by atoms with Gasteiger partial charge < -0.3 is 14.6 Å². The highest BCUT2D eigenvalue weighted by Gasteiger charge is 2.13. The summed E-state index contributed by atoms with van der Waals surface area (Å²) in [5.74, 6) is -0.312. The Labute approximate surface area is 145 Å². The largest absolute Gasteiger partial charge is 0.507 e. The molecule has 2 rings (SSSR count). The number of ether oxygens (including phenoxy) is 2. The van der Waals surface area contributed by atoms with Gasteiger partial charge in [0.1, 0.15) is 17.2 Å². The van der Waals surface area contributed by atoms with Crippen molar-refractivity contribution >= 4 is 11.8 Å². The maximum atomic E-state index is 12.1. The topological polar surface area (TPSA) is 96.9 Å². The van der Waals surface area contributed by atoms with E-state index in [1.807, 2.05) is 13.8 Å². The summed E-state index contributed by atoms with van der Waals surface area (Å²) in [7, 11) is 1.45. The van der Waals surface area contributed by atoms with Crippen LogP contribution < -0.4 is 20.3 Å². The third-order valence-electron chi connectivity index (χ3n) is 3.23. The van der Waals surface area contributed by atoms with E-state index in [-0.39, 0.29) is 17.4 Å². The first kappa shape index (κ1) is 18.1. The van der Waals surface area contributed by atoms with Gasteiger partial charge in [-0.2, -0.15) is 0 Å². The molecule has 0 bridgehead atoms. The van der Waals surface area contributed by atoms with Gasteiger partial charge in [-0.05, 0) is 50.2 Å². The van der Waals surface area contributed by atoms with Crippen LogP contribution in [0.2, 0.25) is 0 Å². The number of rotatable bonds is 5. The number of hydrogen-bond acceptors (Lipinski definition) is 5. The number of benzene rings is 2. The van der Waals surface area contributed by atoms with E-state index in [9.17, 15) is 14.7 Å². The number of methoxy groups -OCH3 is 1. The van der Waals surface area contributed by atoms with Crippen LogP contribution in [-0.2, 0) is 0 Å². The van der Waals surface area contributed by atoms with Crippen molar-refractivity contribution in [3.63, 3.8) is 0 Å². The van der Waals surface area contributed by atoms with E-state index in [1.165, 1.54) is 25.3 Å². The van der Waals surface area contributed by atoms with Crippen molar-refractivity contribution in [3.8, 4) is 17.2 Å². The Hall–Kier alpha value is -3.22. The SMILES string of the molecule is COc1ccc(C(=O)NNC(=O)c2ccc(OC(C)C)cc2)c(O)c1. The van der Waals surface area contributed by atoms with Crippen LogP contribution in [0.15, 0.2) is 42.5 Å². The smallest absolute Gasteiger partial charge is 0.273 e. The molecule has 132 valence electrons. The number of carbonyl (C=O) groups excluding carboxylic acids is 2. The van der Waals surface area contributed by atoms with Crippen LogP contribution in [0.5, 0.6) is 17.2 Å². The lowest BCUT2D eigenvalue weighted by atomic mass is 10.2. The molecule has 0 saturated heterocycles. The van der Waals surface area contributed by atoms with Gasteiger partial charge in [-0.25, -0.2) is 0 Å². The highest BCUT2D eigenvalue weighted by molar-refractivity contribution is 6.00. The zero-order valence-corrected chi connectivity index (χ0v) is 14.2. The highest BCUT2D eigenvalue weighted by atomic mass is 16.5. The lowest BCUT2D eigenvalue weighted by Gasteiger charge is -2.11. The van der Waals surface area contributed by atoms with Crippen molar-refractivity contribution in [2.75, 3.05) is 7.11 Å². The third kappa shape index (κ3) is 4.87. The van der Waals surface area contributed by atoms with Crippen LogP contribution in [0.1, 0.15) is 34.6 Å². The van der Waals surface area contributed by atoms with Crippen molar-refractivity contribution in [3.05, 3.63) is 53.6 Å². The predicted molar refractivity (Wildman–Crippen MR) is 91.8 cm³/mol. The van der Waals surface area contributed by atoms with Gasteiger partial charge in [-0.3, -0.25) is 20.4 Å². The average Bonchev–Trinajstić information content (AvgIpc) is 2.59. The molecule has 0 aliphatic carbocycles. The summed E-state index contributed by atoms with van der Waals surface area (Å²) < 4.78 is 10.4. The maximum Gasteiger partial charge on any atom is 0.273 e. The predicted octanol–water partition coefficient (Wildman–Crippen LogP) is 2.26. The van der Waals surface area contributed by atoms with E-state index < -0.39 is 11.8 Å². The second kappa shape index (κ2) is 8.05. The molecule has 2 aromatic carbocycles. The fraction of sp³-hybridized carbons (Fsp3) is 0.222. The van der Waals surface area contributed by atoms with E-state index in [1.54, 1.807) is 24.3 Å². The molecule has 3 N–H and O–H groups in total. The Morgan fingerprint density at radius 1 is 0.960 bits per heavy atom. The molecule has 0 aromatic heterocycles. The molecule has 0 saturated carbocycles. The summed E-state index contributed by atoms with van der Waals surface area (Å²) in [6, 6.07) is 10.8. The summed E-state index contributed by atoms with van der Waals surface area (Å²) >= 11 is 0. The molecular formula is C18H20N2O5. The first-order valence-electron chi connectivity index (χ1n) is 7.65. The van der Waals surface area contributed by atoms with Crippen molar-refractivity contribution in [1.29, 1.82) is 0 Å². The molecule has 7 heteroatoms. The lowest BCUT2D eigenvalue weighted by Crippen LogP contribution is -2.41. The first-order chi connectivity index (χ1) is 11.9. The molecular weight excluding hydrogens is 324 g/mol. The van der Waals surface area contributed by atoms with Gasteiger partial charge in [-0.15, -0.1) is 0 Å². The molecule has 0 aliphatic heterocycles. The molecule has 7 nitrogen and oxygen atoms in total. The van der Waals surface area contributed by atoms with Crippen LogP contribution in [0, 0.1) is 0 Å². The number of hydrazine groups is 1. The quantitative estimate of drug-likeness (QED) is 0.723. The summed E-state index contributed by atoms with van der Waals surface area (Å²) in [5, 5.41) is 9.81. The molecule has 2 aromatic rings. The molecule has 2 amide bonds. The number of aromatic hydroxyl groups is 1. The third-order valence-corrected chi connectivity index (χ3v) is 3.23. The van der Waals surface area contributed by atoms with Crippen molar-refractivity contribution in [2.45, 2.75) is 20.0 Å². The number of phenols is 1. The highest BCUT2D eigenvalue weighted by Crippen LogP contribution is 2.23. The van der Waals surface area contributed by atoms with Crippen molar-refractivity contribution in [1.82, 2.24) is 10.9 Å². The second-order valence-electron chi connectivity index (χ2n) is 5.48. The Morgan fingerprint density at radius 2 is 1.56 bits per heavy atom. The monoisotopic (exact) mass is 344 g/mol. The average molecular weight is 344 g/mol. The van der Waals surface area contributed by atoms with Gasteiger partial charge in [0.05, 0.1) is 18.8 Å². The van der Waals surface area contributed by atoms with Gasteiger partial charge in [0.15, 0.2) is 0 Å². The zero-order valence-electron chi connectivity index (χ0n) is 14.2. The van der Waals surface area contributed by atoms with E-state index in [2.05, 4.69) is 10.9 Å². The minimum absolute atomic E-state index is 0.0155. The fourth-order valence-corrected chi connectivity index (χ4v) is 2.04. The number of amides is 2. The number of carbonyl (C=O) groups is 2. The molecule has 0 heterocycles. The molecule has 0 atom stereocenters. The van der Waals surface area contributed by atoms with E-state index in [0.717, 1.165) is 0 Å². The van der Waals surface area contributed by atoms with Gasteiger partial charge in [0, 0.05) is 11.6 Å². The van der Waals surface area contributed by atoms with Gasteiger partial charge in [0.25, 0.3) is 11.8 Å². The molecule has 25 heavy (non-hydrogen) atoms. The summed E-state index contributed by atoms with van der Waals surface area (Å²) in [5.41, 5.74) is 4.92. The lowest BCUT2D eigenvalue weighted by molar-refractivity contribution is 0.0845. The maximum absolute atomic E-state index is 12.1. The Bertz CT molecular complexity index is 757. The number of phenolic OH excluding ortho intramolecular Hbond substituents is 1. The molecule has 0 spiro atoms. The summed E-state index contributed by atoms with van der Waals surface area (Å²) in [6.45, 7) is 3.81. The van der Waals surface area contributed by atoms with Gasteiger partial charge in [0.2, 0.25) is 0 Å². The molecule has 0 fully saturated rings. The minimum Gasteiger partial charge on any atom is -0.507 e. The minimum atomic E-state index is -0.645. The van der Waals surface area contributed by atoms with Gasteiger partial charge in [-0.1, -0.05) is 0 Å². The standard InChI is InChI=1S/C18H20N2O5/c1-11(2)25-13-6-4-12(5-7-13)17(22)19-20-18(23)15-9-8-14(24-3)10-16(15)21/h4-11,21H,1-3H3,(H,19,22)(H,20,23). The van der Waals surface area contributed by atoms with Crippen LogP contribution in [0.25, 0.3) is 0 Å². The van der Waals surface area contributed by atoms with E-state index in [0.29, 0.717) is 17.1 Å². The summed E-state index contributed by atoms with van der Waals surface area (Å²) in [6.07, 6.45) is 0.0381. The fourth-order valence-electron chi connectivity index (χ4n) is 2.04. The van der Waals surface area contributed by atoms with Gasteiger partial charge >= 0.3 is 0 Å². The normalized spacial score (nSPS) is 10.2. The Balaban J connectivity index is 1.96. The van der Waals surface area contributed by atoms with Crippen molar-refractivity contribution in [2.24, 2.45) is 0 Å². The van der Waals surface area contributed by atoms with E-state index >= 15 is 0 Å². The van der Waals surface area contributed by atoms with Crippen LogP contribution in [0.4, 0.5) is 0 Å². The first-order valence-corrected chi connectivity index (χ1v) is 7.65. The number of nitrogens with one attached hydrogen (secondary N) is 2. The molecule has 0 unspecified atom stereocenters. The molecule has 0 radical (unpaired) electrons. The van der Waals surface area contributed by atoms with E-state index in [4.69, 9.17) is 9.47 Å². The zero-order chi connectivity index (χ0) is 18.4. The Morgan fingerprint density at radius 3 is 2.12 bits per heavy atom.